The molecule has 5 rings (SSSR count). The quantitative estimate of drug-likeness (QED) is 0.0800. The fraction of sp³-hybridized carbons (Fsp3) is 0.741. The van der Waals surface area contributed by atoms with Crippen LogP contribution in [-0.4, -0.2) is 192 Å². The number of ether oxygens (including phenoxy) is 9. The van der Waals surface area contributed by atoms with Crippen molar-refractivity contribution < 1.29 is 82.2 Å². The van der Waals surface area contributed by atoms with Gasteiger partial charge in [0.05, 0.1) is 60.6 Å². The van der Waals surface area contributed by atoms with Gasteiger partial charge in [-0.2, -0.15) is 0 Å². The van der Waals surface area contributed by atoms with Crippen LogP contribution in [0.4, 0.5) is 0 Å². The van der Waals surface area contributed by atoms with E-state index < -0.39 is 119 Å². The maximum Gasteiger partial charge on any atom is 0.341 e. The molecule has 21 nitrogen and oxygen atoms in total. The number of aliphatic hydroxyl groups is 3. The number of ketones is 1. The molecule has 444 valence electrons. The molecule has 0 amide bonds. The summed E-state index contributed by atoms with van der Waals surface area (Å²) in [5.74, 6) is -0.794. The van der Waals surface area contributed by atoms with E-state index in [0.717, 1.165) is 0 Å². The number of rotatable bonds is 18. The number of likely N-dealkylation sites (N-methyl/N-ethyl adjacent to an activating group) is 1. The first kappa shape index (κ1) is 65.4. The van der Waals surface area contributed by atoms with Gasteiger partial charge in [0.15, 0.2) is 18.7 Å². The third kappa shape index (κ3) is 15.4. The Morgan fingerprint density at radius 1 is 0.911 bits per heavy atom. The molecular weight excluding hydrogens is 1030 g/mol. The Kier molecular flexibility index (Phi) is 23.2. The highest BCUT2D eigenvalue weighted by Crippen LogP contribution is 2.42. The average Bonchev–Trinajstić information content (AvgIpc) is 3.46. The van der Waals surface area contributed by atoms with Gasteiger partial charge in [-0.15, -0.1) is 0 Å². The van der Waals surface area contributed by atoms with Crippen LogP contribution in [0.2, 0.25) is 0 Å². The number of carboxylic acids is 1. The monoisotopic (exact) mass is 1120 g/mol. The fourth-order valence-electron chi connectivity index (χ4n) is 11.6. The number of hydrogen-bond acceptors (Lipinski definition) is 19. The van der Waals surface area contributed by atoms with E-state index in [2.05, 4.69) is 17.2 Å². The first-order valence-corrected chi connectivity index (χ1v) is 27.7. The number of aromatic nitrogens is 1. The minimum absolute atomic E-state index is 0.00613. The van der Waals surface area contributed by atoms with E-state index in [1.165, 1.54) is 34.3 Å². The number of hydrogen-bond donors (Lipinski definition) is 5. The third-order valence-electron chi connectivity index (χ3n) is 16.5. The highest BCUT2D eigenvalue weighted by molar-refractivity contribution is 5.93. The molecule has 79 heavy (non-hydrogen) atoms. The maximum atomic E-state index is 14.6. The molecule has 0 radical (unpaired) electrons. The summed E-state index contributed by atoms with van der Waals surface area (Å²) in [5, 5.41) is 48.2. The molecule has 3 aliphatic heterocycles. The Labute approximate surface area is 465 Å². The molecule has 3 saturated heterocycles. The number of cyclic esters (lactones) is 1. The van der Waals surface area contributed by atoms with Gasteiger partial charge >= 0.3 is 17.9 Å². The second kappa shape index (κ2) is 28.0. The van der Waals surface area contributed by atoms with Crippen molar-refractivity contribution in [2.75, 3.05) is 54.6 Å². The van der Waals surface area contributed by atoms with E-state index in [1.54, 1.807) is 64.3 Å². The predicted octanol–water partition coefficient (Wildman–Crippen LogP) is 4.07. The lowest BCUT2D eigenvalue weighted by molar-refractivity contribution is -0.320. The summed E-state index contributed by atoms with van der Waals surface area (Å²) in [6.45, 7) is 20.3. The van der Waals surface area contributed by atoms with Crippen LogP contribution in [0.1, 0.15) is 124 Å². The lowest BCUT2D eigenvalue weighted by atomic mass is 9.74. The van der Waals surface area contributed by atoms with Crippen molar-refractivity contribution in [2.45, 2.75) is 199 Å². The van der Waals surface area contributed by atoms with E-state index in [0.29, 0.717) is 30.6 Å². The minimum Gasteiger partial charge on any atom is -0.477 e. The van der Waals surface area contributed by atoms with E-state index >= 15 is 0 Å². The summed E-state index contributed by atoms with van der Waals surface area (Å²) in [5.41, 5.74) is -4.26. The molecule has 0 spiro atoms. The number of methoxy groups -OCH3 is 2. The van der Waals surface area contributed by atoms with E-state index in [-0.39, 0.29) is 74.3 Å². The Morgan fingerprint density at radius 2 is 1.58 bits per heavy atom. The molecule has 18 atom stereocenters. The smallest absolute Gasteiger partial charge is 0.341 e. The van der Waals surface area contributed by atoms with Gasteiger partial charge in [0.25, 0.3) is 0 Å². The summed E-state index contributed by atoms with van der Waals surface area (Å²) >= 11 is 0. The van der Waals surface area contributed by atoms with Gasteiger partial charge in [0.2, 0.25) is 5.43 Å². The molecule has 3 fully saturated rings. The average molecular weight is 1120 g/mol. The molecule has 2 unspecified atom stereocenters. The highest BCUT2D eigenvalue weighted by atomic mass is 16.7. The van der Waals surface area contributed by atoms with Crippen LogP contribution >= 0.6 is 0 Å². The second-order valence-electron chi connectivity index (χ2n) is 22.6. The van der Waals surface area contributed by atoms with Gasteiger partial charge in [0, 0.05) is 81.2 Å². The topological polar surface area (TPSA) is 270 Å². The summed E-state index contributed by atoms with van der Waals surface area (Å²) in [4.78, 5) is 68.6. The summed E-state index contributed by atoms with van der Waals surface area (Å²) in [7, 11) is 6.71. The van der Waals surface area contributed by atoms with Gasteiger partial charge < -0.3 is 77.8 Å². The molecule has 1 aromatic carbocycles. The standard InChI is InChI=1S/C58H89N3O18/c1-16-43-58(11,70)50(66)34(5)46(63)32(3)29-56(9,71-14)51(79-55-48(65)42(60(12)13)27-33(4)74-55)35(6)49(36(7)54(69)76-43)78-45-30-57(10,72-15)52(37(8)75-45)77-44(62)22-23-59-24-26-73-25-18-19-38-20-21-41-39(28-38)47(64)40(53(67)68)31-61(41)17-2/h20-21,28,31-37,42-43,45,48-52,55,59,65-66,70H,16-17,22-27,29-30H2,1-15H3,(H,67,68)/t32-,33-,34+,35+,36-,37+,42+,43-,45?,48-,49+,50-,51-,52+,55?,56-,57-,58-/m1/s1. The third-order valence-corrected chi connectivity index (χ3v) is 16.5. The normalized spacial score (nSPS) is 36.0. The number of carboxylic acid groups (broad SMARTS) is 1. The van der Waals surface area contributed by atoms with Crippen molar-refractivity contribution in [2.24, 2.45) is 23.7 Å². The van der Waals surface area contributed by atoms with E-state index in [9.17, 15) is 44.4 Å². The molecule has 2 aromatic rings. The van der Waals surface area contributed by atoms with Gasteiger partial charge in [-0.1, -0.05) is 39.5 Å². The van der Waals surface area contributed by atoms with E-state index in [1.807, 2.05) is 39.8 Å². The van der Waals surface area contributed by atoms with Crippen LogP contribution < -0.4 is 10.7 Å². The molecule has 0 aliphatic carbocycles. The van der Waals surface area contributed by atoms with Crippen molar-refractivity contribution in [1.82, 2.24) is 14.8 Å². The first-order valence-electron chi connectivity index (χ1n) is 27.7. The number of aryl methyl sites for hydroxylation is 1. The van der Waals surface area contributed by atoms with Gasteiger partial charge in [-0.05, 0) is 100 Å². The zero-order valence-electron chi connectivity index (χ0n) is 48.9. The van der Waals surface area contributed by atoms with Crippen molar-refractivity contribution in [1.29, 1.82) is 0 Å². The van der Waals surface area contributed by atoms with Crippen LogP contribution in [0.5, 0.6) is 0 Å². The van der Waals surface area contributed by atoms with E-state index in [4.69, 9.17) is 42.6 Å². The minimum atomic E-state index is -2.03. The zero-order chi connectivity index (χ0) is 58.9. The molecule has 0 bridgehead atoms. The number of aliphatic hydroxyl groups excluding tert-OH is 2. The van der Waals surface area contributed by atoms with Gasteiger partial charge in [-0.25, -0.2) is 4.79 Å². The number of aromatic carboxylic acids is 1. The number of carbonyl (C=O) groups is 4. The van der Waals surface area contributed by atoms with Crippen molar-refractivity contribution >= 4 is 34.6 Å². The Balaban J connectivity index is 1.29. The van der Waals surface area contributed by atoms with Crippen LogP contribution in [0, 0.1) is 35.5 Å². The number of nitrogens with zero attached hydrogens (tertiary/aromatic N) is 2. The molecule has 0 saturated carbocycles. The Morgan fingerprint density at radius 3 is 2.20 bits per heavy atom. The number of esters is 2. The van der Waals surface area contributed by atoms with Crippen LogP contribution in [0.15, 0.2) is 29.2 Å². The highest BCUT2D eigenvalue weighted by Gasteiger charge is 2.55. The van der Waals surface area contributed by atoms with Crippen LogP contribution in [0.3, 0.4) is 0 Å². The van der Waals surface area contributed by atoms with Crippen molar-refractivity contribution in [3.63, 3.8) is 0 Å². The fourth-order valence-corrected chi connectivity index (χ4v) is 11.6. The first-order chi connectivity index (χ1) is 37.1. The van der Waals surface area contributed by atoms with Gasteiger partial charge in [0.1, 0.15) is 41.4 Å². The summed E-state index contributed by atoms with van der Waals surface area (Å²) in [6.07, 6.45) is -8.30. The number of fused-ring (bicyclic) bond motifs is 1. The van der Waals surface area contributed by atoms with Gasteiger partial charge in [-0.3, -0.25) is 19.2 Å². The molecule has 5 N–H and O–H groups in total. The van der Waals surface area contributed by atoms with Crippen molar-refractivity contribution in [3.8, 4) is 11.8 Å². The lowest BCUT2D eigenvalue weighted by Crippen LogP contribution is -2.61. The Hall–Kier alpha value is -4.41. The Bertz CT molecular complexity index is 2530. The van der Waals surface area contributed by atoms with Crippen LogP contribution in [0.25, 0.3) is 10.9 Å². The lowest BCUT2D eigenvalue weighted by Gasteiger charge is -2.50. The number of benzene rings is 1. The molecule has 1 aromatic heterocycles. The number of carbonyl (C=O) groups excluding carboxylic acids is 3. The maximum absolute atomic E-state index is 14.6. The van der Waals surface area contributed by atoms with Crippen LogP contribution in [-0.2, 0) is 63.6 Å². The second-order valence-corrected chi connectivity index (χ2v) is 22.6. The summed E-state index contributed by atoms with van der Waals surface area (Å²) < 4.78 is 58.6. The molecular formula is C58H89N3O18. The van der Waals surface area contributed by atoms with Crippen molar-refractivity contribution in [3.05, 3.63) is 45.7 Å². The number of pyridine rings is 1. The molecule has 21 heteroatoms. The SMILES string of the molecule is CC[C@H]1OC(=O)[C@H](C)[C@@H](OC2C[C@@](C)(OC)[C@@H](OC(=O)CCNCCOCC#Cc3ccc4c(c3)c(=O)c(C(=O)O)cn4CC)[C@H](C)O2)[C@H](C)[C@@H](OC2O[C@H](C)C[C@H](N(C)C)[C@H]2O)[C@](C)(OC)C[C@@H](C)C(=O)[C@H](C)[C@@H](O)[C@]1(C)O. The molecule has 4 heterocycles. The number of Topliss-reactive ketones (excluding diaryl/α,β-unsaturated/α-hetero) is 1. The molecule has 3 aliphatic rings. The zero-order valence-corrected chi connectivity index (χ0v) is 48.9. The summed E-state index contributed by atoms with van der Waals surface area (Å²) in [6, 6.07) is 4.74. The predicted molar refractivity (Wildman–Crippen MR) is 291 cm³/mol. The largest absolute Gasteiger partial charge is 0.477 e. The number of nitrogens with one attached hydrogen (secondary N) is 1.